The zero-order valence-corrected chi connectivity index (χ0v) is 20.3. The number of aryl methyl sites for hydroxylation is 1. The van der Waals surface area contributed by atoms with Crippen LogP contribution in [0.2, 0.25) is 0 Å². The van der Waals surface area contributed by atoms with E-state index in [1.54, 1.807) is 13.2 Å². The normalized spacial score (nSPS) is 21.8. The number of hydrogen-bond donors (Lipinski definition) is 0. The van der Waals surface area contributed by atoms with Gasteiger partial charge in [0.2, 0.25) is 0 Å². The average molecular weight is 500 g/mol. The van der Waals surface area contributed by atoms with Gasteiger partial charge in [-0.2, -0.15) is 28.2 Å². The van der Waals surface area contributed by atoms with E-state index in [0.29, 0.717) is 24.7 Å². The summed E-state index contributed by atoms with van der Waals surface area (Å²) in [5, 5.41) is 8.34. The van der Waals surface area contributed by atoms with Crippen molar-refractivity contribution in [3.05, 3.63) is 22.5 Å². The lowest BCUT2D eigenvalue weighted by Gasteiger charge is -2.30. The van der Waals surface area contributed by atoms with Crippen LogP contribution in [0.4, 0.5) is 13.2 Å². The maximum atomic E-state index is 12.4. The second kappa shape index (κ2) is 11.2. The van der Waals surface area contributed by atoms with Crippen molar-refractivity contribution in [3.8, 4) is 5.19 Å². The largest absolute Gasteiger partial charge is 0.460 e. The monoisotopic (exact) mass is 499 g/mol. The summed E-state index contributed by atoms with van der Waals surface area (Å²) in [6, 6.07) is 0. The number of hydrogen-bond acceptors (Lipinski definition) is 7. The Hall–Kier alpha value is -2.01. The first kappa shape index (κ1) is 25.1. The zero-order chi connectivity index (χ0) is 24.1. The molecule has 188 valence electrons. The second-order valence-corrected chi connectivity index (χ2v) is 10.6. The summed E-state index contributed by atoms with van der Waals surface area (Å²) in [7, 11) is 1.75. The van der Waals surface area contributed by atoms with Crippen LogP contribution in [-0.2, 0) is 31.1 Å². The van der Waals surface area contributed by atoms with Gasteiger partial charge in [0.05, 0.1) is 24.0 Å². The van der Waals surface area contributed by atoms with Crippen LogP contribution in [0.1, 0.15) is 54.8 Å². The number of aromatic nitrogens is 4. The molecule has 0 amide bonds. The van der Waals surface area contributed by atoms with Gasteiger partial charge in [-0.1, -0.05) is 24.2 Å². The molecular formula is C23H32F3N5O2S. The summed E-state index contributed by atoms with van der Waals surface area (Å²) in [5.41, 5.74) is 1.63. The van der Waals surface area contributed by atoms with Crippen molar-refractivity contribution >= 4 is 17.1 Å². The number of carbonyl (C=O) groups excluding carboxylic acids is 1. The van der Waals surface area contributed by atoms with Gasteiger partial charge < -0.3 is 9.64 Å². The van der Waals surface area contributed by atoms with Gasteiger partial charge in [0.1, 0.15) is 5.78 Å². The van der Waals surface area contributed by atoms with Crippen molar-refractivity contribution in [3.63, 3.8) is 0 Å². The van der Waals surface area contributed by atoms with E-state index in [1.165, 1.54) is 29.0 Å². The first-order valence-corrected chi connectivity index (χ1v) is 12.8. The van der Waals surface area contributed by atoms with Gasteiger partial charge in [-0.15, -0.1) is 0 Å². The molecule has 1 aliphatic carbocycles. The fraction of sp³-hybridized carbons (Fsp3) is 0.739. The van der Waals surface area contributed by atoms with Crippen LogP contribution >= 0.6 is 11.3 Å². The topological polar surface area (TPSA) is 73.1 Å². The van der Waals surface area contributed by atoms with E-state index in [-0.39, 0.29) is 11.0 Å². The lowest BCUT2D eigenvalue weighted by Crippen LogP contribution is -2.30. The van der Waals surface area contributed by atoms with Crippen LogP contribution in [-0.4, -0.2) is 63.1 Å². The van der Waals surface area contributed by atoms with Crippen molar-refractivity contribution in [1.29, 1.82) is 0 Å². The highest BCUT2D eigenvalue weighted by Crippen LogP contribution is 2.34. The molecule has 0 radical (unpaired) electrons. The number of Topliss-reactive ketones (excluding diaryl/α,β-unsaturated/α-hetero) is 1. The molecule has 0 bridgehead atoms. The van der Waals surface area contributed by atoms with Crippen LogP contribution in [0, 0.1) is 11.8 Å². The number of nitrogens with zero attached hydrogens (tertiary/aromatic N) is 5. The maximum absolute atomic E-state index is 12.4. The van der Waals surface area contributed by atoms with Crippen molar-refractivity contribution in [2.75, 3.05) is 26.2 Å². The molecule has 2 aliphatic rings. The zero-order valence-electron chi connectivity index (χ0n) is 19.5. The molecule has 0 spiro atoms. The minimum Gasteiger partial charge on any atom is -0.460 e. The quantitative estimate of drug-likeness (QED) is 0.519. The van der Waals surface area contributed by atoms with E-state index in [2.05, 4.69) is 20.1 Å². The minimum absolute atomic E-state index is 0.128. The summed E-state index contributed by atoms with van der Waals surface area (Å²) in [6.45, 7) is 1.53. The van der Waals surface area contributed by atoms with E-state index in [0.717, 1.165) is 68.0 Å². The number of thiazole rings is 1. The Morgan fingerprint density at radius 3 is 2.62 bits per heavy atom. The van der Waals surface area contributed by atoms with Gasteiger partial charge in [-0.05, 0) is 44.1 Å². The molecule has 4 rings (SSSR count). The van der Waals surface area contributed by atoms with Crippen LogP contribution in [0.5, 0.6) is 5.19 Å². The van der Waals surface area contributed by atoms with E-state index >= 15 is 0 Å². The van der Waals surface area contributed by atoms with Gasteiger partial charge in [0, 0.05) is 37.9 Å². The Balaban J connectivity index is 1.13. The van der Waals surface area contributed by atoms with Crippen molar-refractivity contribution < 1.29 is 22.7 Å². The predicted octanol–water partition coefficient (Wildman–Crippen LogP) is 4.01. The van der Waals surface area contributed by atoms with E-state index < -0.39 is 12.8 Å². The van der Waals surface area contributed by atoms with E-state index in [4.69, 9.17) is 4.74 Å². The highest BCUT2D eigenvalue weighted by molar-refractivity contribution is 7.13. The molecule has 1 saturated carbocycles. The first-order valence-electron chi connectivity index (χ1n) is 12.0. The third kappa shape index (κ3) is 7.49. The second-order valence-electron chi connectivity index (χ2n) is 9.52. The van der Waals surface area contributed by atoms with E-state index in [1.807, 2.05) is 0 Å². The molecule has 3 heterocycles. The highest BCUT2D eigenvalue weighted by Gasteiger charge is 2.30. The number of carbonyl (C=O) groups is 1. The molecule has 11 heteroatoms. The Kier molecular flexibility index (Phi) is 8.23. The smallest absolute Gasteiger partial charge is 0.422 e. The number of halogens is 3. The van der Waals surface area contributed by atoms with Crippen molar-refractivity contribution in [2.24, 2.45) is 18.9 Å². The summed E-state index contributed by atoms with van der Waals surface area (Å²) < 4.78 is 41.9. The molecule has 0 unspecified atom stereocenters. The molecule has 2 aromatic heterocycles. The third-order valence-electron chi connectivity index (χ3n) is 6.80. The number of rotatable bonds is 9. The molecule has 34 heavy (non-hydrogen) atoms. The van der Waals surface area contributed by atoms with Gasteiger partial charge in [0.25, 0.3) is 5.19 Å². The predicted molar refractivity (Wildman–Crippen MR) is 122 cm³/mol. The number of fused-ring (bicyclic) bond motifs is 1. The minimum atomic E-state index is -4.34. The van der Waals surface area contributed by atoms with Gasteiger partial charge in [-0.3, -0.25) is 4.79 Å². The Labute approximate surface area is 201 Å². The summed E-state index contributed by atoms with van der Waals surface area (Å²) >= 11 is 1.25. The van der Waals surface area contributed by atoms with Crippen LogP contribution in [0.25, 0.3) is 0 Å². The van der Waals surface area contributed by atoms with E-state index in [9.17, 15) is 18.0 Å². The molecule has 1 aliphatic heterocycles. The Morgan fingerprint density at radius 1 is 1.18 bits per heavy atom. The standard InChI is InChI=1S/C23H32F3N5O2S/c1-30-27-14-18(29-30)13-19(32)12-17-4-2-16(3-5-17)6-9-31-10-7-20-21(8-11-31)34-22(28-20)33-15-23(24,25)26/h14,16-17H,2-13,15H2,1H3. The van der Waals surface area contributed by atoms with Gasteiger partial charge >= 0.3 is 6.18 Å². The van der Waals surface area contributed by atoms with Crippen molar-refractivity contribution in [1.82, 2.24) is 24.9 Å². The molecule has 0 saturated heterocycles. The maximum Gasteiger partial charge on any atom is 0.422 e. The summed E-state index contributed by atoms with van der Waals surface area (Å²) in [4.78, 5) is 21.6. The molecule has 0 N–H and O–H groups in total. The van der Waals surface area contributed by atoms with Crippen LogP contribution in [0.3, 0.4) is 0 Å². The molecule has 1 fully saturated rings. The highest BCUT2D eigenvalue weighted by atomic mass is 32.1. The lowest BCUT2D eigenvalue weighted by atomic mass is 9.78. The first-order chi connectivity index (χ1) is 16.2. The SMILES string of the molecule is Cn1ncc(CC(=O)CC2CCC(CCN3CCc4nc(OCC(F)(F)F)sc4CC3)CC2)n1. The van der Waals surface area contributed by atoms with Crippen LogP contribution in [0.15, 0.2) is 6.20 Å². The third-order valence-corrected chi connectivity index (χ3v) is 7.87. The Morgan fingerprint density at radius 2 is 1.91 bits per heavy atom. The fourth-order valence-corrected chi connectivity index (χ4v) is 5.91. The van der Waals surface area contributed by atoms with Gasteiger partial charge in [0.15, 0.2) is 6.61 Å². The van der Waals surface area contributed by atoms with Crippen LogP contribution < -0.4 is 4.74 Å². The molecule has 0 aromatic carbocycles. The Bertz CT molecular complexity index is 927. The number of ether oxygens (including phenoxy) is 1. The number of ketones is 1. The molecule has 7 nitrogen and oxygen atoms in total. The molecule has 2 aromatic rings. The fourth-order valence-electron chi connectivity index (χ4n) is 4.97. The lowest BCUT2D eigenvalue weighted by molar-refractivity contribution is -0.153. The number of alkyl halides is 3. The summed E-state index contributed by atoms with van der Waals surface area (Å²) in [6.07, 6.45) is 5.61. The van der Waals surface area contributed by atoms with Gasteiger partial charge in [-0.25, -0.2) is 4.98 Å². The average Bonchev–Trinajstić information content (AvgIpc) is 3.32. The summed E-state index contributed by atoms with van der Waals surface area (Å²) in [5.74, 6) is 1.43. The molecule has 0 atom stereocenters. The van der Waals surface area contributed by atoms with Crippen molar-refractivity contribution in [2.45, 2.75) is 64.0 Å². The molecular weight excluding hydrogens is 467 g/mol.